The Labute approximate surface area is 94.7 Å². The molecule has 0 heterocycles. The van der Waals surface area contributed by atoms with Gasteiger partial charge in [-0.05, 0) is 18.3 Å². The molecule has 0 bridgehead atoms. The third-order valence-corrected chi connectivity index (χ3v) is 3.28. The molecular weight excluding hydrogens is 188 g/mol. The smallest absolute Gasteiger partial charge is 0.0760 e. The van der Waals surface area contributed by atoms with Crippen LogP contribution < -0.4 is 11.3 Å². The normalized spacial score (nSPS) is 16.0. The molecule has 2 unspecified atom stereocenters. The van der Waals surface area contributed by atoms with Crippen molar-refractivity contribution in [1.29, 1.82) is 0 Å². The van der Waals surface area contributed by atoms with Gasteiger partial charge < -0.3 is 4.74 Å². The molecule has 0 fully saturated rings. The molecular formula is C12H28N2O. The Balaban J connectivity index is 4.31. The van der Waals surface area contributed by atoms with Gasteiger partial charge in [-0.25, -0.2) is 0 Å². The van der Waals surface area contributed by atoms with Crippen LogP contribution in [0, 0.1) is 11.8 Å². The maximum absolute atomic E-state index is 5.61. The molecule has 0 aromatic carbocycles. The molecule has 2 atom stereocenters. The Morgan fingerprint density at radius 1 is 1.20 bits per heavy atom. The fraction of sp³-hybridized carbons (Fsp3) is 1.00. The fourth-order valence-electron chi connectivity index (χ4n) is 2.18. The van der Waals surface area contributed by atoms with Gasteiger partial charge in [-0.2, -0.15) is 0 Å². The molecule has 0 spiro atoms. The van der Waals surface area contributed by atoms with E-state index in [2.05, 4.69) is 33.1 Å². The molecule has 0 saturated heterocycles. The van der Waals surface area contributed by atoms with E-state index in [0.29, 0.717) is 5.92 Å². The van der Waals surface area contributed by atoms with Crippen molar-refractivity contribution in [2.24, 2.45) is 17.7 Å². The predicted molar refractivity (Wildman–Crippen MR) is 65.4 cm³/mol. The molecule has 0 saturated carbocycles. The number of ether oxygens (including phenoxy) is 1. The monoisotopic (exact) mass is 216 g/mol. The second-order valence-corrected chi connectivity index (χ2v) is 4.64. The molecule has 0 aliphatic carbocycles. The number of nitrogens with two attached hydrogens (primary N) is 1. The molecule has 0 aromatic heterocycles. The number of methoxy groups -OCH3 is 1. The lowest BCUT2D eigenvalue weighted by Gasteiger charge is -2.30. The van der Waals surface area contributed by atoms with E-state index in [0.717, 1.165) is 12.3 Å². The maximum atomic E-state index is 5.61. The van der Waals surface area contributed by atoms with E-state index in [4.69, 9.17) is 10.6 Å². The van der Waals surface area contributed by atoms with Crippen molar-refractivity contribution in [2.75, 3.05) is 7.11 Å². The lowest BCUT2D eigenvalue weighted by molar-refractivity contribution is 0.0254. The Hall–Kier alpha value is -0.120. The summed E-state index contributed by atoms with van der Waals surface area (Å²) in [5.41, 5.74) is 2.91. The van der Waals surface area contributed by atoms with Crippen molar-refractivity contribution >= 4 is 0 Å². The van der Waals surface area contributed by atoms with E-state index in [1.54, 1.807) is 7.11 Å². The van der Waals surface area contributed by atoms with Gasteiger partial charge in [-0.3, -0.25) is 11.3 Å². The minimum atomic E-state index is 0.204. The third kappa shape index (κ3) is 4.96. The van der Waals surface area contributed by atoms with Gasteiger partial charge in [0.1, 0.15) is 0 Å². The SMILES string of the molecule is CCC(CC)CC(NN)C(OC)C(C)C. The number of rotatable bonds is 8. The summed E-state index contributed by atoms with van der Waals surface area (Å²) in [4.78, 5) is 0. The average Bonchev–Trinajstić information content (AvgIpc) is 2.23. The first kappa shape index (κ1) is 14.9. The van der Waals surface area contributed by atoms with Crippen molar-refractivity contribution in [1.82, 2.24) is 5.43 Å². The minimum Gasteiger partial charge on any atom is -0.380 e. The summed E-state index contributed by atoms with van der Waals surface area (Å²) in [6.07, 6.45) is 3.72. The van der Waals surface area contributed by atoms with Crippen LogP contribution in [0.3, 0.4) is 0 Å². The largest absolute Gasteiger partial charge is 0.380 e. The topological polar surface area (TPSA) is 47.3 Å². The van der Waals surface area contributed by atoms with Gasteiger partial charge in [-0.15, -0.1) is 0 Å². The summed E-state index contributed by atoms with van der Waals surface area (Å²) in [5, 5.41) is 0. The van der Waals surface area contributed by atoms with Crippen molar-refractivity contribution in [3.63, 3.8) is 0 Å². The highest BCUT2D eigenvalue weighted by atomic mass is 16.5. The zero-order valence-electron chi connectivity index (χ0n) is 10.9. The lowest BCUT2D eigenvalue weighted by atomic mass is 9.89. The predicted octanol–water partition coefficient (Wildman–Crippen LogP) is 2.32. The fourth-order valence-corrected chi connectivity index (χ4v) is 2.18. The van der Waals surface area contributed by atoms with Crippen LogP contribution >= 0.6 is 0 Å². The van der Waals surface area contributed by atoms with Gasteiger partial charge in [0.2, 0.25) is 0 Å². The minimum absolute atomic E-state index is 0.204. The van der Waals surface area contributed by atoms with Crippen LogP contribution in [0.1, 0.15) is 47.0 Å². The third-order valence-electron chi connectivity index (χ3n) is 3.28. The van der Waals surface area contributed by atoms with Gasteiger partial charge >= 0.3 is 0 Å². The Kier molecular flexibility index (Phi) is 8.02. The standard InChI is InChI=1S/C12H28N2O/c1-6-10(7-2)8-11(14-13)12(15-5)9(3)4/h9-12,14H,6-8,13H2,1-5H3. The first-order valence-corrected chi connectivity index (χ1v) is 6.09. The molecule has 0 radical (unpaired) electrons. The highest BCUT2D eigenvalue weighted by Crippen LogP contribution is 2.20. The van der Waals surface area contributed by atoms with E-state index >= 15 is 0 Å². The van der Waals surface area contributed by atoms with Crippen LogP contribution in [0.15, 0.2) is 0 Å². The van der Waals surface area contributed by atoms with Crippen LogP contribution in [0.2, 0.25) is 0 Å². The Morgan fingerprint density at radius 3 is 2.00 bits per heavy atom. The molecule has 15 heavy (non-hydrogen) atoms. The van der Waals surface area contributed by atoms with E-state index in [1.165, 1.54) is 12.8 Å². The second-order valence-electron chi connectivity index (χ2n) is 4.64. The molecule has 0 rings (SSSR count). The van der Waals surface area contributed by atoms with E-state index in [1.807, 2.05) is 0 Å². The molecule has 92 valence electrons. The quantitative estimate of drug-likeness (QED) is 0.483. The number of hydrazine groups is 1. The second kappa shape index (κ2) is 8.08. The van der Waals surface area contributed by atoms with Crippen LogP contribution in [0.25, 0.3) is 0 Å². The molecule has 0 aliphatic rings. The van der Waals surface area contributed by atoms with Gasteiger partial charge in [-0.1, -0.05) is 40.5 Å². The summed E-state index contributed by atoms with van der Waals surface area (Å²) in [6.45, 7) is 8.81. The summed E-state index contributed by atoms with van der Waals surface area (Å²) in [5.74, 6) is 6.84. The summed E-state index contributed by atoms with van der Waals surface area (Å²) in [7, 11) is 1.77. The van der Waals surface area contributed by atoms with E-state index in [9.17, 15) is 0 Å². The van der Waals surface area contributed by atoms with E-state index < -0.39 is 0 Å². The molecule has 0 aliphatic heterocycles. The Bertz CT molecular complexity index is 147. The molecule has 0 aromatic rings. The number of nitrogens with one attached hydrogen (secondary N) is 1. The molecule has 0 amide bonds. The van der Waals surface area contributed by atoms with Crippen LogP contribution in [-0.2, 0) is 4.74 Å². The lowest BCUT2D eigenvalue weighted by Crippen LogP contribution is -2.48. The van der Waals surface area contributed by atoms with Gasteiger partial charge in [0.05, 0.1) is 6.10 Å². The Morgan fingerprint density at radius 2 is 1.73 bits per heavy atom. The van der Waals surface area contributed by atoms with Crippen molar-refractivity contribution in [2.45, 2.75) is 59.1 Å². The average molecular weight is 216 g/mol. The van der Waals surface area contributed by atoms with Crippen LogP contribution in [0.5, 0.6) is 0 Å². The first-order valence-electron chi connectivity index (χ1n) is 6.09. The maximum Gasteiger partial charge on any atom is 0.0760 e. The highest BCUT2D eigenvalue weighted by molar-refractivity contribution is 4.79. The summed E-state index contributed by atoms with van der Waals surface area (Å²) >= 11 is 0. The van der Waals surface area contributed by atoms with Crippen LogP contribution in [0.4, 0.5) is 0 Å². The number of hydrogen-bond acceptors (Lipinski definition) is 3. The van der Waals surface area contributed by atoms with E-state index in [-0.39, 0.29) is 12.1 Å². The highest BCUT2D eigenvalue weighted by Gasteiger charge is 2.25. The molecule has 3 nitrogen and oxygen atoms in total. The van der Waals surface area contributed by atoms with Crippen LogP contribution in [-0.4, -0.2) is 19.3 Å². The first-order chi connectivity index (χ1) is 7.10. The molecule has 3 heteroatoms. The van der Waals surface area contributed by atoms with Gasteiger partial charge in [0, 0.05) is 13.2 Å². The summed E-state index contributed by atoms with van der Waals surface area (Å²) in [6, 6.07) is 0.264. The van der Waals surface area contributed by atoms with Crippen molar-refractivity contribution in [3.8, 4) is 0 Å². The zero-order chi connectivity index (χ0) is 11.8. The van der Waals surface area contributed by atoms with Crippen molar-refractivity contribution < 1.29 is 4.74 Å². The summed E-state index contributed by atoms with van der Waals surface area (Å²) < 4.78 is 5.51. The van der Waals surface area contributed by atoms with Gasteiger partial charge in [0.15, 0.2) is 0 Å². The number of hydrogen-bond donors (Lipinski definition) is 2. The van der Waals surface area contributed by atoms with Gasteiger partial charge in [0.25, 0.3) is 0 Å². The van der Waals surface area contributed by atoms with Crippen molar-refractivity contribution in [3.05, 3.63) is 0 Å². The zero-order valence-corrected chi connectivity index (χ0v) is 10.9. The molecule has 3 N–H and O–H groups in total.